The molecular weight excluding hydrogens is 695 g/mol. The second-order valence-electron chi connectivity index (χ2n) is 14.5. The van der Waals surface area contributed by atoms with Crippen LogP contribution in [0.4, 0.5) is 17.1 Å². The van der Waals surface area contributed by atoms with Crippen molar-refractivity contribution in [3.8, 4) is 33.4 Å². The van der Waals surface area contributed by atoms with Crippen LogP contribution in [0.25, 0.3) is 85.9 Å². The minimum atomic E-state index is 1.11. The number of hydrogen-bond acceptors (Lipinski definition) is 2. The number of rotatable bonds is 6. The van der Waals surface area contributed by atoms with E-state index < -0.39 is 0 Å². The summed E-state index contributed by atoms with van der Waals surface area (Å²) in [6.07, 6.45) is 0. The first kappa shape index (κ1) is 32.4. The van der Waals surface area contributed by atoms with Crippen molar-refractivity contribution in [1.29, 1.82) is 0 Å². The Labute approximate surface area is 330 Å². The molecule has 0 radical (unpaired) electrons. The molecule has 262 valence electrons. The molecule has 1 heterocycles. The van der Waals surface area contributed by atoms with Gasteiger partial charge in [-0.15, -0.1) is 11.3 Å². The Morgan fingerprint density at radius 3 is 1.64 bits per heavy atom. The maximum atomic E-state index is 2.45. The molecule has 11 aromatic rings. The molecule has 0 N–H and O–H groups in total. The Kier molecular flexibility index (Phi) is 7.75. The Bertz CT molecular complexity index is 3230. The summed E-state index contributed by atoms with van der Waals surface area (Å²) in [4.78, 5) is 2.45. The van der Waals surface area contributed by atoms with Crippen molar-refractivity contribution in [1.82, 2.24) is 0 Å². The quantitative estimate of drug-likeness (QED) is 0.154. The largest absolute Gasteiger partial charge is 0.310 e. The van der Waals surface area contributed by atoms with Crippen LogP contribution in [0.15, 0.2) is 212 Å². The standard InChI is InChI=1S/C54H35NS/c1-2-12-36(13-3-1)37-22-24-38(25-23-37)39-26-29-42(30-27-39)55(43-31-33-53-51(35-43)49-32-28-40-14-4-7-17-45(40)54(49)56-53)52-21-11-10-20-48(52)50-34-41-15-5-6-16-44(41)46-18-8-9-19-47(46)50/h1-35H. The number of para-hydroxylation sites is 1. The van der Waals surface area contributed by atoms with Crippen molar-refractivity contribution in [2.24, 2.45) is 0 Å². The number of fused-ring (bicyclic) bond motifs is 8. The molecule has 0 saturated carbocycles. The van der Waals surface area contributed by atoms with Crippen molar-refractivity contribution in [3.63, 3.8) is 0 Å². The maximum Gasteiger partial charge on any atom is 0.0540 e. The van der Waals surface area contributed by atoms with Crippen molar-refractivity contribution < 1.29 is 0 Å². The van der Waals surface area contributed by atoms with E-state index in [0.29, 0.717) is 0 Å². The van der Waals surface area contributed by atoms with Gasteiger partial charge >= 0.3 is 0 Å². The number of thiophene rings is 1. The third-order valence-electron chi connectivity index (χ3n) is 11.3. The molecule has 0 amide bonds. The summed E-state index contributed by atoms with van der Waals surface area (Å²) in [6, 6.07) is 77.7. The molecule has 0 unspecified atom stereocenters. The van der Waals surface area contributed by atoms with Crippen LogP contribution in [-0.2, 0) is 0 Å². The van der Waals surface area contributed by atoms with Gasteiger partial charge in [0.25, 0.3) is 0 Å². The minimum Gasteiger partial charge on any atom is -0.310 e. The van der Waals surface area contributed by atoms with Crippen LogP contribution in [0.3, 0.4) is 0 Å². The summed E-state index contributed by atoms with van der Waals surface area (Å²) in [6.45, 7) is 0. The Hall–Kier alpha value is -7.00. The smallest absolute Gasteiger partial charge is 0.0540 e. The molecule has 2 heteroatoms. The highest BCUT2D eigenvalue weighted by Crippen LogP contribution is 2.47. The molecule has 0 aliphatic heterocycles. The van der Waals surface area contributed by atoms with Gasteiger partial charge in [-0.05, 0) is 103 Å². The molecule has 1 nitrogen and oxygen atoms in total. The Morgan fingerprint density at radius 2 is 0.875 bits per heavy atom. The van der Waals surface area contributed by atoms with Crippen LogP contribution in [0, 0.1) is 0 Å². The maximum absolute atomic E-state index is 2.45. The van der Waals surface area contributed by atoms with Crippen LogP contribution in [0.2, 0.25) is 0 Å². The predicted octanol–water partition coefficient (Wildman–Crippen LogP) is 16.0. The van der Waals surface area contributed by atoms with Gasteiger partial charge in [0, 0.05) is 37.1 Å². The Morgan fingerprint density at radius 1 is 0.304 bits per heavy atom. The SMILES string of the molecule is c1ccc(-c2ccc(-c3ccc(N(c4ccc5sc6c7ccccc7ccc6c5c4)c4ccccc4-c4cc5ccccc5c5ccccc45)cc3)cc2)cc1. The van der Waals surface area contributed by atoms with Gasteiger partial charge < -0.3 is 4.90 Å². The fraction of sp³-hybridized carbons (Fsp3) is 0. The second kappa shape index (κ2) is 13.4. The van der Waals surface area contributed by atoms with E-state index in [1.807, 2.05) is 11.3 Å². The molecule has 0 bridgehead atoms. The van der Waals surface area contributed by atoms with Crippen LogP contribution in [0.5, 0.6) is 0 Å². The molecular formula is C54H35NS. The summed E-state index contributed by atoms with van der Waals surface area (Å²) in [5.41, 5.74) is 10.6. The lowest BCUT2D eigenvalue weighted by Gasteiger charge is -2.28. The zero-order valence-corrected chi connectivity index (χ0v) is 31.4. The van der Waals surface area contributed by atoms with E-state index in [0.717, 1.165) is 17.1 Å². The van der Waals surface area contributed by atoms with E-state index in [9.17, 15) is 0 Å². The van der Waals surface area contributed by atoms with Crippen LogP contribution >= 0.6 is 11.3 Å². The summed E-state index contributed by atoms with van der Waals surface area (Å²) in [7, 11) is 0. The highest BCUT2D eigenvalue weighted by molar-refractivity contribution is 7.26. The van der Waals surface area contributed by atoms with Gasteiger partial charge in [0.15, 0.2) is 0 Å². The average Bonchev–Trinajstić information content (AvgIpc) is 3.66. The van der Waals surface area contributed by atoms with E-state index in [4.69, 9.17) is 0 Å². The van der Waals surface area contributed by atoms with E-state index in [1.165, 1.54) is 85.9 Å². The highest BCUT2D eigenvalue weighted by Gasteiger charge is 2.21. The molecule has 0 aliphatic rings. The molecule has 1 aromatic heterocycles. The van der Waals surface area contributed by atoms with Crippen LogP contribution in [-0.4, -0.2) is 0 Å². The molecule has 0 fully saturated rings. The third-order valence-corrected chi connectivity index (χ3v) is 12.5. The summed E-state index contributed by atoms with van der Waals surface area (Å²) < 4.78 is 2.63. The molecule has 11 rings (SSSR count). The number of benzene rings is 10. The highest BCUT2D eigenvalue weighted by atomic mass is 32.1. The molecule has 10 aromatic carbocycles. The van der Waals surface area contributed by atoms with Gasteiger partial charge in [0.2, 0.25) is 0 Å². The number of hydrogen-bond donors (Lipinski definition) is 0. The fourth-order valence-electron chi connectivity index (χ4n) is 8.52. The molecule has 0 spiro atoms. The second-order valence-corrected chi connectivity index (χ2v) is 15.5. The molecule has 56 heavy (non-hydrogen) atoms. The zero-order valence-electron chi connectivity index (χ0n) is 30.6. The zero-order chi connectivity index (χ0) is 37.0. The van der Waals surface area contributed by atoms with Crippen molar-refractivity contribution in [2.75, 3.05) is 4.90 Å². The summed E-state index contributed by atoms with van der Waals surface area (Å²) in [5, 5.41) is 10.2. The first-order valence-corrected chi connectivity index (χ1v) is 20.0. The van der Waals surface area contributed by atoms with E-state index in [2.05, 4.69) is 217 Å². The Balaban J connectivity index is 1.10. The summed E-state index contributed by atoms with van der Waals surface area (Å²) in [5.74, 6) is 0. The lowest BCUT2D eigenvalue weighted by molar-refractivity contribution is 1.29. The molecule has 0 aliphatic carbocycles. The van der Waals surface area contributed by atoms with Gasteiger partial charge in [0.1, 0.15) is 0 Å². The normalized spacial score (nSPS) is 11.6. The molecule has 0 atom stereocenters. The fourth-order valence-corrected chi connectivity index (χ4v) is 9.74. The van der Waals surface area contributed by atoms with Gasteiger partial charge in [-0.3, -0.25) is 0 Å². The first-order chi connectivity index (χ1) is 27.8. The van der Waals surface area contributed by atoms with E-state index in [-0.39, 0.29) is 0 Å². The lowest BCUT2D eigenvalue weighted by Crippen LogP contribution is -2.11. The van der Waals surface area contributed by atoms with E-state index >= 15 is 0 Å². The molecule has 0 saturated heterocycles. The lowest BCUT2D eigenvalue weighted by atomic mass is 9.92. The third kappa shape index (κ3) is 5.46. The predicted molar refractivity (Wildman–Crippen MR) is 243 cm³/mol. The van der Waals surface area contributed by atoms with Crippen molar-refractivity contribution in [2.45, 2.75) is 0 Å². The van der Waals surface area contributed by atoms with E-state index in [1.54, 1.807) is 0 Å². The number of anilines is 3. The van der Waals surface area contributed by atoms with Gasteiger partial charge in [-0.25, -0.2) is 0 Å². The van der Waals surface area contributed by atoms with Crippen LogP contribution < -0.4 is 4.90 Å². The summed E-state index contributed by atoms with van der Waals surface area (Å²) >= 11 is 1.89. The van der Waals surface area contributed by atoms with Crippen molar-refractivity contribution >= 4 is 80.9 Å². The van der Waals surface area contributed by atoms with Crippen LogP contribution in [0.1, 0.15) is 0 Å². The first-order valence-electron chi connectivity index (χ1n) is 19.2. The van der Waals surface area contributed by atoms with Gasteiger partial charge in [-0.1, -0.05) is 170 Å². The monoisotopic (exact) mass is 729 g/mol. The van der Waals surface area contributed by atoms with Gasteiger partial charge in [-0.2, -0.15) is 0 Å². The minimum absolute atomic E-state index is 1.11. The topological polar surface area (TPSA) is 3.24 Å². The average molecular weight is 730 g/mol. The van der Waals surface area contributed by atoms with Crippen molar-refractivity contribution in [3.05, 3.63) is 212 Å². The number of nitrogens with zero attached hydrogens (tertiary/aromatic N) is 1. The van der Waals surface area contributed by atoms with Gasteiger partial charge in [0.05, 0.1) is 5.69 Å².